The van der Waals surface area contributed by atoms with Gasteiger partial charge in [-0.2, -0.15) is 0 Å². The van der Waals surface area contributed by atoms with Gasteiger partial charge in [-0.15, -0.1) is 6.58 Å². The lowest BCUT2D eigenvalue weighted by Crippen LogP contribution is -2.42. The molecule has 0 heteroatoms. The minimum absolute atomic E-state index is 0.381. The molecule has 4 rings (SSSR count). The van der Waals surface area contributed by atoms with Crippen molar-refractivity contribution >= 4 is 0 Å². The Morgan fingerprint density at radius 3 is 2.19 bits per heavy atom. The van der Waals surface area contributed by atoms with Gasteiger partial charge in [-0.25, -0.2) is 0 Å². The highest BCUT2D eigenvalue weighted by molar-refractivity contribution is 5.34. The summed E-state index contributed by atoms with van der Waals surface area (Å²) in [7, 11) is 0. The molecule has 0 amide bonds. The molecular formula is C31H48. The molecule has 0 radical (unpaired) electrons. The molecule has 172 valence electrons. The molecule has 1 atom stereocenters. The minimum atomic E-state index is 0.381. The Balaban J connectivity index is 1.57. The third-order valence-corrected chi connectivity index (χ3v) is 9.93. The topological polar surface area (TPSA) is 0 Å². The summed E-state index contributed by atoms with van der Waals surface area (Å²) in [6, 6.07) is 10.1. The summed E-state index contributed by atoms with van der Waals surface area (Å²) in [5.74, 6) is 4.30. The fraction of sp³-hybridized carbons (Fsp3) is 0.742. The van der Waals surface area contributed by atoms with Crippen molar-refractivity contribution in [1.29, 1.82) is 0 Å². The van der Waals surface area contributed by atoms with Crippen LogP contribution in [0.4, 0.5) is 0 Å². The van der Waals surface area contributed by atoms with E-state index in [0.717, 1.165) is 29.6 Å². The predicted molar refractivity (Wildman–Crippen MR) is 136 cm³/mol. The first kappa shape index (κ1) is 23.1. The second-order valence-electron chi connectivity index (χ2n) is 11.6. The number of hydrogen-bond donors (Lipinski definition) is 0. The van der Waals surface area contributed by atoms with Crippen LogP contribution < -0.4 is 0 Å². The summed E-state index contributed by atoms with van der Waals surface area (Å²) in [4.78, 5) is 0. The highest BCUT2D eigenvalue weighted by Gasteiger charge is 2.44. The van der Waals surface area contributed by atoms with Gasteiger partial charge >= 0.3 is 0 Å². The molecule has 31 heavy (non-hydrogen) atoms. The normalized spacial score (nSPS) is 32.3. The molecule has 0 spiro atoms. The molecule has 1 aromatic carbocycles. The highest BCUT2D eigenvalue weighted by Crippen LogP contribution is 2.52. The first-order valence-electron chi connectivity index (χ1n) is 13.9. The predicted octanol–water partition coefficient (Wildman–Crippen LogP) is 9.59. The van der Waals surface area contributed by atoms with Crippen LogP contribution in [-0.4, -0.2) is 0 Å². The zero-order valence-electron chi connectivity index (χ0n) is 20.6. The van der Waals surface area contributed by atoms with E-state index in [2.05, 4.69) is 50.8 Å². The molecule has 0 nitrogen and oxygen atoms in total. The number of benzene rings is 1. The second-order valence-corrected chi connectivity index (χ2v) is 11.6. The summed E-state index contributed by atoms with van der Waals surface area (Å²) in [5, 5.41) is 0. The van der Waals surface area contributed by atoms with Crippen LogP contribution in [-0.2, 0) is 5.41 Å². The lowest BCUT2D eigenvalue weighted by atomic mass is 9.56. The molecule has 0 aromatic heterocycles. The second kappa shape index (κ2) is 10.7. The van der Waals surface area contributed by atoms with E-state index in [1.807, 2.05) is 0 Å². The third-order valence-electron chi connectivity index (χ3n) is 9.93. The molecular weight excluding hydrogens is 372 g/mol. The molecule has 0 N–H and O–H groups in total. The molecule has 0 saturated heterocycles. The van der Waals surface area contributed by atoms with Gasteiger partial charge in [0.2, 0.25) is 0 Å². The minimum Gasteiger partial charge on any atom is -0.103 e. The average Bonchev–Trinajstić information content (AvgIpc) is 2.85. The smallest absolute Gasteiger partial charge is 0.00187 e. The van der Waals surface area contributed by atoms with Crippen LogP contribution in [0.1, 0.15) is 127 Å². The van der Waals surface area contributed by atoms with E-state index in [1.54, 1.807) is 11.1 Å². The molecule has 3 aliphatic rings. The summed E-state index contributed by atoms with van der Waals surface area (Å²) < 4.78 is 0. The fourth-order valence-electron chi connectivity index (χ4n) is 7.78. The molecule has 3 saturated carbocycles. The number of rotatable bonds is 7. The van der Waals surface area contributed by atoms with Crippen LogP contribution >= 0.6 is 0 Å². The maximum atomic E-state index is 4.05. The zero-order chi connectivity index (χ0) is 21.7. The summed E-state index contributed by atoms with van der Waals surface area (Å²) in [6.45, 7) is 9.11. The van der Waals surface area contributed by atoms with Gasteiger partial charge in [-0.3, -0.25) is 0 Å². The van der Waals surface area contributed by atoms with Crippen LogP contribution in [0.5, 0.6) is 0 Å². The van der Waals surface area contributed by atoms with Crippen molar-refractivity contribution in [2.24, 2.45) is 23.7 Å². The molecule has 1 unspecified atom stereocenters. The van der Waals surface area contributed by atoms with Gasteiger partial charge in [0.05, 0.1) is 0 Å². The third kappa shape index (κ3) is 5.15. The van der Waals surface area contributed by atoms with E-state index in [-0.39, 0.29) is 0 Å². The Morgan fingerprint density at radius 2 is 1.55 bits per heavy atom. The van der Waals surface area contributed by atoms with Crippen molar-refractivity contribution < 1.29 is 0 Å². The Bertz CT molecular complexity index is 680. The van der Waals surface area contributed by atoms with Gasteiger partial charge in [0.1, 0.15) is 0 Å². The summed E-state index contributed by atoms with van der Waals surface area (Å²) in [5.41, 5.74) is 3.72. The molecule has 0 bridgehead atoms. The van der Waals surface area contributed by atoms with Gasteiger partial charge < -0.3 is 0 Å². The van der Waals surface area contributed by atoms with Gasteiger partial charge in [-0.1, -0.05) is 89.1 Å². The van der Waals surface area contributed by atoms with Crippen molar-refractivity contribution in [1.82, 2.24) is 0 Å². The van der Waals surface area contributed by atoms with Gasteiger partial charge in [0, 0.05) is 0 Å². The molecule has 3 aliphatic carbocycles. The van der Waals surface area contributed by atoms with Crippen LogP contribution in [0.2, 0.25) is 0 Å². The Kier molecular flexibility index (Phi) is 8.00. The lowest BCUT2D eigenvalue weighted by molar-refractivity contribution is 0.0985. The Labute approximate surface area is 193 Å². The van der Waals surface area contributed by atoms with Gasteiger partial charge in [0.25, 0.3) is 0 Å². The summed E-state index contributed by atoms with van der Waals surface area (Å²) >= 11 is 0. The van der Waals surface area contributed by atoms with E-state index in [1.165, 1.54) is 96.3 Å². The van der Waals surface area contributed by atoms with E-state index in [0.29, 0.717) is 5.41 Å². The summed E-state index contributed by atoms with van der Waals surface area (Å²) in [6.07, 6.45) is 23.6. The number of allylic oxidation sites excluding steroid dienone is 1. The van der Waals surface area contributed by atoms with E-state index in [4.69, 9.17) is 0 Å². The zero-order valence-corrected chi connectivity index (χ0v) is 20.6. The monoisotopic (exact) mass is 420 g/mol. The Hall–Kier alpha value is -1.04. The van der Waals surface area contributed by atoms with E-state index >= 15 is 0 Å². The Morgan fingerprint density at radius 1 is 0.871 bits per heavy atom. The van der Waals surface area contributed by atoms with Crippen molar-refractivity contribution in [2.45, 2.75) is 121 Å². The van der Waals surface area contributed by atoms with Crippen LogP contribution in [0, 0.1) is 23.7 Å². The lowest BCUT2D eigenvalue weighted by Gasteiger charge is -2.49. The quantitative estimate of drug-likeness (QED) is 0.385. The number of hydrogen-bond acceptors (Lipinski definition) is 0. The van der Waals surface area contributed by atoms with Gasteiger partial charge in [-0.05, 0) is 97.5 Å². The fourth-order valence-corrected chi connectivity index (χ4v) is 7.78. The first-order valence-corrected chi connectivity index (χ1v) is 13.9. The standard InChI is InChI=1S/C31H48/c1-4-10-25-17-21-29(22-18-25)31(3,28-12-7-6-8-13-28)30-14-9-11-27(23-30)26-19-15-24(5-2)16-20-26/h5,9,11,14,23-26,28-29H,2,4,6-8,10,12-13,15-22H2,1,3H3. The maximum absolute atomic E-state index is 4.05. The molecule has 1 aromatic rings. The highest BCUT2D eigenvalue weighted by atomic mass is 14.5. The average molecular weight is 421 g/mol. The van der Waals surface area contributed by atoms with Crippen LogP contribution in [0.3, 0.4) is 0 Å². The van der Waals surface area contributed by atoms with E-state index in [9.17, 15) is 0 Å². The largest absolute Gasteiger partial charge is 0.103 e. The van der Waals surface area contributed by atoms with Crippen LogP contribution in [0.25, 0.3) is 0 Å². The maximum Gasteiger partial charge on any atom is -0.00187 e. The SMILES string of the molecule is C=CC1CCC(c2cccc(C(C)(C3CCCCC3)C3CCC(CCC)CC3)c2)CC1. The van der Waals surface area contributed by atoms with Crippen molar-refractivity contribution in [3.8, 4) is 0 Å². The van der Waals surface area contributed by atoms with Crippen molar-refractivity contribution in [3.05, 3.63) is 48.0 Å². The molecule has 0 heterocycles. The molecule has 3 fully saturated rings. The first-order chi connectivity index (χ1) is 15.1. The van der Waals surface area contributed by atoms with E-state index < -0.39 is 0 Å². The van der Waals surface area contributed by atoms with Crippen molar-refractivity contribution in [3.63, 3.8) is 0 Å². The van der Waals surface area contributed by atoms with Crippen LogP contribution in [0.15, 0.2) is 36.9 Å². The van der Waals surface area contributed by atoms with Crippen molar-refractivity contribution in [2.75, 3.05) is 0 Å². The van der Waals surface area contributed by atoms with Gasteiger partial charge in [0.15, 0.2) is 0 Å². The molecule has 0 aliphatic heterocycles.